The van der Waals surface area contributed by atoms with Crippen LogP contribution in [0.1, 0.15) is 64.5 Å². The van der Waals surface area contributed by atoms with Gasteiger partial charge in [0.2, 0.25) is 0 Å². The molecule has 0 saturated carbocycles. The summed E-state index contributed by atoms with van der Waals surface area (Å²) in [6.07, 6.45) is 11.2. The highest BCUT2D eigenvalue weighted by Crippen LogP contribution is 2.36. The Hall–Kier alpha value is -1.80. The number of hydrogen-bond donors (Lipinski definition) is 0. The molecule has 0 aliphatic carbocycles. The van der Waals surface area contributed by atoms with Gasteiger partial charge in [-0.3, -0.25) is 0 Å². The van der Waals surface area contributed by atoms with Gasteiger partial charge in [-0.05, 0) is 56.2 Å². The summed E-state index contributed by atoms with van der Waals surface area (Å²) in [4.78, 5) is 4.83. The number of nitrogens with zero attached hydrogens (tertiary/aromatic N) is 1. The van der Waals surface area contributed by atoms with Crippen LogP contribution in [0.25, 0.3) is 5.57 Å². The summed E-state index contributed by atoms with van der Waals surface area (Å²) in [7, 11) is 0. The van der Waals surface area contributed by atoms with Crippen molar-refractivity contribution in [1.82, 2.24) is 0 Å². The minimum atomic E-state index is 0.286. The van der Waals surface area contributed by atoms with Crippen LogP contribution in [-0.2, 0) is 6.42 Å². The van der Waals surface area contributed by atoms with E-state index in [4.69, 9.17) is 21.3 Å². The Balaban J connectivity index is 2.64. The Morgan fingerprint density at radius 3 is 2.68 bits per heavy atom. The van der Waals surface area contributed by atoms with Crippen LogP contribution in [0.3, 0.4) is 0 Å². The molecule has 0 spiro atoms. The summed E-state index contributed by atoms with van der Waals surface area (Å²) in [5.41, 5.74) is 4.29. The van der Waals surface area contributed by atoms with Crippen LogP contribution in [0, 0.1) is 11.8 Å². The van der Waals surface area contributed by atoms with Gasteiger partial charge in [-0.1, -0.05) is 69.7 Å². The first kappa shape index (κ1) is 22.5. The Bertz CT molecular complexity index is 756. The van der Waals surface area contributed by atoms with Crippen LogP contribution in [0.5, 0.6) is 5.75 Å². The van der Waals surface area contributed by atoms with E-state index in [0.29, 0.717) is 11.1 Å². The maximum Gasteiger partial charge on any atom is 0.123 e. The molecular formula is C25H34ClNO. The Kier molecular flexibility index (Phi) is 9.05. The van der Waals surface area contributed by atoms with Gasteiger partial charge in [0.15, 0.2) is 0 Å². The van der Waals surface area contributed by atoms with Crippen LogP contribution in [0.15, 0.2) is 53.7 Å². The highest BCUT2D eigenvalue weighted by molar-refractivity contribution is 6.66. The van der Waals surface area contributed by atoms with E-state index in [2.05, 4.69) is 45.5 Å². The molecule has 1 aliphatic rings. The lowest BCUT2D eigenvalue weighted by Crippen LogP contribution is -2.07. The highest BCUT2D eigenvalue weighted by Gasteiger charge is 2.21. The number of hydrogen-bond acceptors (Lipinski definition) is 2. The van der Waals surface area contributed by atoms with E-state index < -0.39 is 0 Å². The number of rotatable bonds is 8. The largest absolute Gasteiger partial charge is 0.493 e. The topological polar surface area (TPSA) is 21.6 Å². The zero-order chi connectivity index (χ0) is 20.5. The van der Waals surface area contributed by atoms with Crippen molar-refractivity contribution >= 4 is 22.3 Å². The summed E-state index contributed by atoms with van der Waals surface area (Å²) in [5.74, 6) is 1.91. The first-order valence-corrected chi connectivity index (χ1v) is 11.0. The molecule has 152 valence electrons. The number of aliphatic imine (C=N–C) groups is 1. The molecule has 0 radical (unpaired) electrons. The number of benzene rings is 1. The van der Waals surface area contributed by atoms with Crippen LogP contribution in [0.2, 0.25) is 0 Å². The summed E-state index contributed by atoms with van der Waals surface area (Å²) in [5, 5.41) is 0.669. The van der Waals surface area contributed by atoms with Crippen molar-refractivity contribution in [2.75, 3.05) is 6.61 Å². The van der Waals surface area contributed by atoms with Crippen LogP contribution >= 0.6 is 11.6 Å². The molecule has 2 rings (SSSR count). The molecular weight excluding hydrogens is 366 g/mol. The zero-order valence-corrected chi connectivity index (χ0v) is 18.6. The van der Waals surface area contributed by atoms with E-state index >= 15 is 0 Å². The van der Waals surface area contributed by atoms with Crippen LogP contribution in [-0.4, -0.2) is 11.8 Å². The number of allylic oxidation sites excluding steroid dienone is 4. The molecule has 0 amide bonds. The second kappa shape index (κ2) is 11.3. The van der Waals surface area contributed by atoms with Gasteiger partial charge in [-0.15, -0.1) is 0 Å². The quantitative estimate of drug-likeness (QED) is 0.326. The highest BCUT2D eigenvalue weighted by atomic mass is 35.5. The molecule has 3 heteroatoms. The number of ether oxygens (including phenoxy) is 1. The molecule has 1 aromatic rings. The number of halogens is 1. The van der Waals surface area contributed by atoms with Crippen molar-refractivity contribution in [3.05, 3.63) is 59.8 Å². The fourth-order valence-electron chi connectivity index (χ4n) is 3.77. The molecule has 0 N–H and O–H groups in total. The summed E-state index contributed by atoms with van der Waals surface area (Å²) in [6.45, 7) is 13.4. The van der Waals surface area contributed by atoms with Gasteiger partial charge in [0.05, 0.1) is 12.3 Å². The molecule has 0 fully saturated rings. The second-order valence-corrected chi connectivity index (χ2v) is 7.74. The Labute approximate surface area is 176 Å². The molecule has 2 nitrogen and oxygen atoms in total. The molecule has 0 bridgehead atoms. The van der Waals surface area contributed by atoms with Gasteiger partial charge in [0.1, 0.15) is 10.9 Å². The molecule has 28 heavy (non-hydrogen) atoms. The van der Waals surface area contributed by atoms with Gasteiger partial charge in [-0.2, -0.15) is 0 Å². The Morgan fingerprint density at radius 2 is 2.07 bits per heavy atom. The van der Waals surface area contributed by atoms with Gasteiger partial charge >= 0.3 is 0 Å². The van der Waals surface area contributed by atoms with Gasteiger partial charge in [0.25, 0.3) is 0 Å². The molecule has 0 aromatic heterocycles. The average molecular weight is 400 g/mol. The summed E-state index contributed by atoms with van der Waals surface area (Å²) < 4.78 is 6.07. The molecule has 1 atom stereocenters. The fraction of sp³-hybridized carbons (Fsp3) is 0.480. The van der Waals surface area contributed by atoms with Crippen molar-refractivity contribution < 1.29 is 4.74 Å². The third-order valence-electron chi connectivity index (χ3n) is 5.63. The van der Waals surface area contributed by atoms with Crippen LogP contribution < -0.4 is 4.74 Å². The third-order valence-corrected chi connectivity index (χ3v) is 6.02. The van der Waals surface area contributed by atoms with Crippen molar-refractivity contribution in [2.24, 2.45) is 16.8 Å². The molecule has 1 unspecified atom stereocenters. The lowest BCUT2D eigenvalue weighted by Gasteiger charge is -2.17. The molecule has 1 aromatic carbocycles. The predicted octanol–water partition coefficient (Wildman–Crippen LogP) is 7.58. The number of fused-ring (bicyclic) bond motifs is 1. The first-order chi connectivity index (χ1) is 13.6. The van der Waals surface area contributed by atoms with E-state index in [-0.39, 0.29) is 5.92 Å². The van der Waals surface area contributed by atoms with Crippen molar-refractivity contribution in [3.63, 3.8) is 0 Å². The lowest BCUT2D eigenvalue weighted by molar-refractivity contribution is 0.292. The second-order valence-electron chi connectivity index (χ2n) is 7.35. The minimum absolute atomic E-state index is 0.286. The predicted molar refractivity (Wildman–Crippen MR) is 123 cm³/mol. The smallest absolute Gasteiger partial charge is 0.123 e. The van der Waals surface area contributed by atoms with E-state index in [9.17, 15) is 0 Å². The Morgan fingerprint density at radius 1 is 1.32 bits per heavy atom. The molecule has 1 heterocycles. The first-order valence-electron chi connectivity index (χ1n) is 10.6. The van der Waals surface area contributed by atoms with E-state index in [1.54, 1.807) is 0 Å². The normalized spacial score (nSPS) is 18.5. The minimum Gasteiger partial charge on any atom is -0.493 e. The van der Waals surface area contributed by atoms with Gasteiger partial charge < -0.3 is 4.74 Å². The van der Waals surface area contributed by atoms with Crippen LogP contribution in [0.4, 0.5) is 0 Å². The monoisotopic (exact) mass is 399 g/mol. The summed E-state index contributed by atoms with van der Waals surface area (Å²) in [6, 6.07) is 6.29. The van der Waals surface area contributed by atoms with E-state index in [0.717, 1.165) is 61.3 Å². The maximum atomic E-state index is 6.60. The molecule has 1 aliphatic heterocycles. The van der Waals surface area contributed by atoms with Gasteiger partial charge in [0, 0.05) is 17.1 Å². The molecule has 0 saturated heterocycles. The maximum absolute atomic E-state index is 6.60. The average Bonchev–Trinajstić information content (AvgIpc) is 2.92. The zero-order valence-electron chi connectivity index (χ0n) is 17.8. The van der Waals surface area contributed by atoms with E-state index in [1.807, 2.05) is 25.2 Å². The SMILES string of the molecule is C=C/C(=C(/C=C/C)N=C(Cl)C(CC)CC)c1cccc2c1CC(CC)CCO2. The summed E-state index contributed by atoms with van der Waals surface area (Å²) >= 11 is 6.60. The fourth-order valence-corrected chi connectivity index (χ4v) is 4.17. The van der Waals surface area contributed by atoms with Crippen molar-refractivity contribution in [2.45, 2.75) is 59.8 Å². The lowest BCUT2D eigenvalue weighted by atomic mass is 9.88. The van der Waals surface area contributed by atoms with Crippen molar-refractivity contribution in [1.29, 1.82) is 0 Å². The van der Waals surface area contributed by atoms with Crippen molar-refractivity contribution in [3.8, 4) is 5.75 Å². The third kappa shape index (κ3) is 5.38. The van der Waals surface area contributed by atoms with Gasteiger partial charge in [-0.25, -0.2) is 4.99 Å². The standard InChI is InChI=1S/C25H34ClNO/c1-6-12-23(27-25(26)19(8-3)9-4)20(10-5)21-13-11-14-24-22(21)17-18(7-2)15-16-28-24/h6,10-14,18-19H,5,7-9,15-17H2,1-4H3/b12-6+,23-20+,27-25?. The van der Waals surface area contributed by atoms with E-state index in [1.165, 1.54) is 5.56 Å².